The Morgan fingerprint density at radius 2 is 1.28 bits per heavy atom. The largest absolute Gasteiger partial charge is 0.489 e. The Balaban J connectivity index is 1.29. The summed E-state index contributed by atoms with van der Waals surface area (Å²) in [6, 6.07) is 25.9. The molecule has 3 aromatic rings. The van der Waals surface area contributed by atoms with Gasteiger partial charge >= 0.3 is 6.03 Å². The van der Waals surface area contributed by atoms with Gasteiger partial charge in [0.05, 0.1) is 12.1 Å². The van der Waals surface area contributed by atoms with Gasteiger partial charge in [-0.2, -0.15) is 0 Å². The zero-order valence-corrected chi connectivity index (χ0v) is 21.1. The minimum absolute atomic E-state index is 0.195. The van der Waals surface area contributed by atoms with Crippen LogP contribution in [0.1, 0.15) is 36.1 Å². The topological polar surface area (TPSA) is 68.8 Å². The van der Waals surface area contributed by atoms with Crippen molar-refractivity contribution in [2.75, 3.05) is 0 Å². The molecule has 2 aliphatic rings. The first-order chi connectivity index (χ1) is 17.3. The van der Waals surface area contributed by atoms with Gasteiger partial charge in [-0.1, -0.05) is 72.3 Å². The molecule has 0 bridgehead atoms. The molecule has 2 saturated heterocycles. The fourth-order valence-electron chi connectivity index (χ4n) is 5.01. The molecule has 2 aliphatic heterocycles. The predicted molar refractivity (Wildman–Crippen MR) is 139 cm³/mol. The number of benzene rings is 3. The SMILES string of the molecule is Cc1ccc(C[C@H]2NC(=O)N[C@H](Cc3ccc(OCc4ccccc4)cc3)[C@@H]3OC(C)(C)O[C@H]32)cc1. The van der Waals surface area contributed by atoms with Gasteiger partial charge in [-0.25, -0.2) is 4.79 Å². The molecule has 0 spiro atoms. The molecule has 6 heteroatoms. The Labute approximate surface area is 213 Å². The quantitative estimate of drug-likeness (QED) is 0.497. The van der Waals surface area contributed by atoms with Crippen molar-refractivity contribution in [3.05, 3.63) is 101 Å². The second-order valence-electron chi connectivity index (χ2n) is 10.2. The van der Waals surface area contributed by atoms with Crippen molar-refractivity contribution in [2.45, 2.75) is 70.3 Å². The Kier molecular flexibility index (Phi) is 6.99. The highest BCUT2D eigenvalue weighted by Crippen LogP contribution is 2.35. The average molecular weight is 487 g/mol. The number of carbonyl (C=O) groups is 1. The molecule has 2 N–H and O–H groups in total. The molecule has 3 aromatic carbocycles. The maximum atomic E-state index is 12.9. The van der Waals surface area contributed by atoms with Crippen molar-refractivity contribution >= 4 is 6.03 Å². The average Bonchev–Trinajstić information content (AvgIpc) is 3.15. The molecule has 2 amide bonds. The summed E-state index contributed by atoms with van der Waals surface area (Å²) in [5, 5.41) is 6.27. The van der Waals surface area contributed by atoms with Gasteiger partial charge in [0, 0.05) is 0 Å². The van der Waals surface area contributed by atoms with Crippen molar-refractivity contribution in [2.24, 2.45) is 0 Å². The third-order valence-corrected chi connectivity index (χ3v) is 6.79. The molecule has 36 heavy (non-hydrogen) atoms. The Morgan fingerprint density at radius 1 is 0.750 bits per heavy atom. The monoisotopic (exact) mass is 486 g/mol. The van der Waals surface area contributed by atoms with E-state index in [4.69, 9.17) is 14.2 Å². The minimum atomic E-state index is -0.724. The lowest BCUT2D eigenvalue weighted by Crippen LogP contribution is -2.47. The fraction of sp³-hybridized carbons (Fsp3) is 0.367. The molecule has 4 atom stereocenters. The van der Waals surface area contributed by atoms with Gasteiger partial charge in [0.15, 0.2) is 5.79 Å². The molecule has 2 fully saturated rings. The summed E-state index contributed by atoms with van der Waals surface area (Å²) in [6.07, 6.45) is 0.765. The fourth-order valence-corrected chi connectivity index (χ4v) is 5.01. The second-order valence-corrected chi connectivity index (χ2v) is 10.2. The third-order valence-electron chi connectivity index (χ3n) is 6.79. The Bertz CT molecular complexity index is 1160. The van der Waals surface area contributed by atoms with E-state index < -0.39 is 5.79 Å². The highest BCUT2D eigenvalue weighted by atomic mass is 16.8. The summed E-state index contributed by atoms with van der Waals surface area (Å²) in [5.41, 5.74) is 4.59. The Hall–Kier alpha value is -3.35. The highest BCUT2D eigenvalue weighted by Gasteiger charge is 2.50. The van der Waals surface area contributed by atoms with Gasteiger partial charge in [-0.05, 0) is 62.4 Å². The van der Waals surface area contributed by atoms with Crippen LogP contribution in [0.25, 0.3) is 0 Å². The molecule has 188 valence electrons. The van der Waals surface area contributed by atoms with E-state index in [-0.39, 0.29) is 30.3 Å². The van der Waals surface area contributed by atoms with Gasteiger partial charge in [-0.15, -0.1) is 0 Å². The molecule has 0 unspecified atom stereocenters. The maximum absolute atomic E-state index is 12.9. The summed E-state index contributed by atoms with van der Waals surface area (Å²) in [5.74, 6) is 0.0876. The van der Waals surface area contributed by atoms with Gasteiger partial charge in [0.2, 0.25) is 0 Å². The molecule has 0 radical (unpaired) electrons. The van der Waals surface area contributed by atoms with Crippen LogP contribution in [-0.2, 0) is 28.9 Å². The van der Waals surface area contributed by atoms with Crippen LogP contribution < -0.4 is 15.4 Å². The van der Waals surface area contributed by atoms with Crippen LogP contribution in [0.2, 0.25) is 0 Å². The number of ether oxygens (including phenoxy) is 3. The van der Waals surface area contributed by atoms with E-state index in [1.165, 1.54) is 5.56 Å². The van der Waals surface area contributed by atoms with Gasteiger partial charge in [0.25, 0.3) is 0 Å². The number of fused-ring (bicyclic) bond motifs is 1. The first-order valence-electron chi connectivity index (χ1n) is 12.6. The number of amides is 2. The van der Waals surface area contributed by atoms with E-state index in [0.29, 0.717) is 19.4 Å². The van der Waals surface area contributed by atoms with Gasteiger partial charge in [-0.3, -0.25) is 0 Å². The summed E-state index contributed by atoms with van der Waals surface area (Å²) >= 11 is 0. The molecule has 5 rings (SSSR count). The summed E-state index contributed by atoms with van der Waals surface area (Å²) in [4.78, 5) is 12.9. The molecule has 0 aliphatic carbocycles. The van der Waals surface area contributed by atoms with E-state index in [9.17, 15) is 4.79 Å². The minimum Gasteiger partial charge on any atom is -0.489 e. The number of urea groups is 1. The number of rotatable bonds is 7. The molecular formula is C30H34N2O4. The van der Waals surface area contributed by atoms with E-state index in [1.807, 2.05) is 68.4 Å². The summed E-state index contributed by atoms with van der Waals surface area (Å²) < 4.78 is 18.6. The lowest BCUT2D eigenvalue weighted by Gasteiger charge is -2.26. The van der Waals surface area contributed by atoms with Crippen molar-refractivity contribution in [1.82, 2.24) is 10.6 Å². The highest BCUT2D eigenvalue weighted by molar-refractivity contribution is 5.75. The lowest BCUT2D eigenvalue weighted by molar-refractivity contribution is -0.150. The number of hydrogen-bond donors (Lipinski definition) is 2. The van der Waals surface area contributed by atoms with E-state index in [1.54, 1.807) is 0 Å². The number of hydrogen-bond acceptors (Lipinski definition) is 4. The number of nitrogens with one attached hydrogen (secondary N) is 2. The number of carbonyl (C=O) groups excluding carboxylic acids is 1. The Morgan fingerprint density at radius 3 is 1.83 bits per heavy atom. The standard InChI is InChI=1S/C30H34N2O4/c1-20-9-11-21(12-10-20)17-25-27-28(36-30(2,3)35-27)26(32-29(33)31-25)18-22-13-15-24(16-14-22)34-19-23-7-5-4-6-8-23/h4-16,25-28H,17-19H2,1-3H3,(H2,31,32,33)/t25-,26-,27+,28+/m1/s1. The maximum Gasteiger partial charge on any atom is 0.315 e. The predicted octanol–water partition coefficient (Wildman–Crippen LogP) is 4.93. The lowest BCUT2D eigenvalue weighted by atomic mass is 9.92. The van der Waals surface area contributed by atoms with Crippen LogP contribution in [0.5, 0.6) is 5.75 Å². The van der Waals surface area contributed by atoms with Crippen molar-refractivity contribution in [3.8, 4) is 5.75 Å². The first kappa shape index (κ1) is 24.3. The van der Waals surface area contributed by atoms with Crippen molar-refractivity contribution in [3.63, 3.8) is 0 Å². The van der Waals surface area contributed by atoms with Crippen LogP contribution in [-0.4, -0.2) is 36.1 Å². The van der Waals surface area contributed by atoms with Crippen molar-refractivity contribution < 1.29 is 19.0 Å². The molecular weight excluding hydrogens is 452 g/mol. The smallest absolute Gasteiger partial charge is 0.315 e. The number of aryl methyl sites for hydroxylation is 1. The second kappa shape index (κ2) is 10.3. The van der Waals surface area contributed by atoms with E-state index >= 15 is 0 Å². The zero-order chi connectivity index (χ0) is 25.1. The van der Waals surface area contributed by atoms with Gasteiger partial charge in [0.1, 0.15) is 24.6 Å². The van der Waals surface area contributed by atoms with E-state index in [2.05, 4.69) is 41.8 Å². The van der Waals surface area contributed by atoms with Crippen LogP contribution >= 0.6 is 0 Å². The van der Waals surface area contributed by atoms with Crippen molar-refractivity contribution in [1.29, 1.82) is 0 Å². The zero-order valence-electron chi connectivity index (χ0n) is 21.1. The van der Waals surface area contributed by atoms with E-state index in [0.717, 1.165) is 22.4 Å². The van der Waals surface area contributed by atoms with Crippen LogP contribution in [0.3, 0.4) is 0 Å². The van der Waals surface area contributed by atoms with Crippen LogP contribution in [0, 0.1) is 6.92 Å². The van der Waals surface area contributed by atoms with Crippen LogP contribution in [0.15, 0.2) is 78.9 Å². The molecule has 0 saturated carbocycles. The molecule has 6 nitrogen and oxygen atoms in total. The normalized spacial score (nSPS) is 24.8. The first-order valence-corrected chi connectivity index (χ1v) is 12.6. The third kappa shape index (κ3) is 5.89. The van der Waals surface area contributed by atoms with Crippen LogP contribution in [0.4, 0.5) is 4.79 Å². The van der Waals surface area contributed by atoms with Gasteiger partial charge < -0.3 is 24.8 Å². The molecule has 0 aromatic heterocycles. The molecule has 2 heterocycles. The summed E-state index contributed by atoms with van der Waals surface area (Å²) in [7, 11) is 0. The summed E-state index contributed by atoms with van der Waals surface area (Å²) in [6.45, 7) is 6.46.